The lowest BCUT2D eigenvalue weighted by Gasteiger charge is -2.11. The third-order valence-electron chi connectivity index (χ3n) is 3.97. The van der Waals surface area contributed by atoms with Gasteiger partial charge in [0.25, 0.3) is 11.1 Å². The van der Waals surface area contributed by atoms with Crippen molar-refractivity contribution in [1.29, 1.82) is 0 Å². The first-order chi connectivity index (χ1) is 12.6. The summed E-state index contributed by atoms with van der Waals surface area (Å²) in [5.41, 5.74) is 2.31. The first kappa shape index (κ1) is 16.7. The summed E-state index contributed by atoms with van der Waals surface area (Å²) in [7, 11) is 0. The second-order valence-corrected chi connectivity index (χ2v) is 7.06. The third kappa shape index (κ3) is 3.07. The van der Waals surface area contributed by atoms with E-state index < -0.39 is 0 Å². The standard InChI is InChI=1S/C20H13ClN2O2S/c21-14-8-10-15(11-9-14)22-12-4-7-17(22)13-18-19(24)23(20(25)26-18)16-5-2-1-3-6-16/h1-13H/b18-13+. The lowest BCUT2D eigenvalue weighted by molar-refractivity contribution is -0.113. The van der Waals surface area contributed by atoms with E-state index in [1.807, 2.05) is 53.2 Å². The molecule has 0 aliphatic carbocycles. The first-order valence-electron chi connectivity index (χ1n) is 7.90. The van der Waals surface area contributed by atoms with E-state index >= 15 is 0 Å². The summed E-state index contributed by atoms with van der Waals surface area (Å²) in [5, 5.41) is 0.364. The molecule has 0 N–H and O–H groups in total. The van der Waals surface area contributed by atoms with E-state index in [-0.39, 0.29) is 11.1 Å². The molecule has 128 valence electrons. The van der Waals surface area contributed by atoms with Crippen molar-refractivity contribution in [2.75, 3.05) is 4.90 Å². The number of halogens is 1. The molecule has 2 amide bonds. The van der Waals surface area contributed by atoms with Gasteiger partial charge in [0.1, 0.15) is 0 Å². The largest absolute Gasteiger partial charge is 0.317 e. The molecule has 2 heterocycles. The van der Waals surface area contributed by atoms with Gasteiger partial charge in [0.2, 0.25) is 0 Å². The predicted octanol–water partition coefficient (Wildman–Crippen LogP) is 5.37. The van der Waals surface area contributed by atoms with Crippen LogP contribution in [-0.2, 0) is 4.79 Å². The van der Waals surface area contributed by atoms with Crippen molar-refractivity contribution < 1.29 is 9.59 Å². The maximum Gasteiger partial charge on any atom is 0.298 e. The van der Waals surface area contributed by atoms with Crippen molar-refractivity contribution >= 4 is 46.3 Å². The zero-order chi connectivity index (χ0) is 18.1. The normalized spacial score (nSPS) is 15.9. The Morgan fingerprint density at radius 3 is 2.31 bits per heavy atom. The highest BCUT2D eigenvalue weighted by molar-refractivity contribution is 8.19. The van der Waals surface area contributed by atoms with Crippen LogP contribution in [0.5, 0.6) is 0 Å². The van der Waals surface area contributed by atoms with Crippen molar-refractivity contribution in [1.82, 2.24) is 4.57 Å². The first-order valence-corrected chi connectivity index (χ1v) is 9.09. The van der Waals surface area contributed by atoms with Crippen molar-refractivity contribution in [3.8, 4) is 5.69 Å². The molecule has 1 aliphatic heterocycles. The number of hydrogen-bond donors (Lipinski definition) is 0. The number of carbonyl (C=O) groups excluding carboxylic acids is 2. The average Bonchev–Trinajstić information content (AvgIpc) is 3.21. The van der Waals surface area contributed by atoms with Crippen LogP contribution in [0.25, 0.3) is 11.8 Å². The Morgan fingerprint density at radius 2 is 1.58 bits per heavy atom. The van der Waals surface area contributed by atoms with Gasteiger partial charge in [-0.05, 0) is 66.4 Å². The van der Waals surface area contributed by atoms with Gasteiger partial charge in [0.15, 0.2) is 0 Å². The Kier molecular flexibility index (Phi) is 4.41. The molecule has 1 fully saturated rings. The fourth-order valence-electron chi connectivity index (χ4n) is 2.75. The van der Waals surface area contributed by atoms with Gasteiger partial charge < -0.3 is 4.57 Å². The van der Waals surface area contributed by atoms with E-state index in [0.29, 0.717) is 15.6 Å². The molecule has 0 radical (unpaired) electrons. The molecule has 3 aromatic rings. The minimum absolute atomic E-state index is 0.294. The van der Waals surface area contributed by atoms with Crippen LogP contribution < -0.4 is 4.90 Å². The number of thioether (sulfide) groups is 1. The van der Waals surface area contributed by atoms with Crippen LogP contribution in [0.2, 0.25) is 5.02 Å². The van der Waals surface area contributed by atoms with Crippen LogP contribution in [0.1, 0.15) is 5.69 Å². The predicted molar refractivity (Wildman–Crippen MR) is 106 cm³/mol. The number of benzene rings is 2. The molecular formula is C20H13ClN2O2S. The summed E-state index contributed by atoms with van der Waals surface area (Å²) in [6.45, 7) is 0. The molecule has 1 saturated heterocycles. The fraction of sp³-hybridized carbons (Fsp3) is 0. The Bertz CT molecular complexity index is 1010. The third-order valence-corrected chi connectivity index (χ3v) is 5.09. The molecule has 1 aliphatic rings. The van der Waals surface area contributed by atoms with Crippen molar-refractivity contribution in [2.45, 2.75) is 0 Å². The Morgan fingerprint density at radius 1 is 0.846 bits per heavy atom. The summed E-state index contributed by atoms with van der Waals surface area (Å²) in [4.78, 5) is 26.6. The van der Waals surface area contributed by atoms with E-state index in [9.17, 15) is 9.59 Å². The summed E-state index contributed by atoms with van der Waals surface area (Å²) in [6.07, 6.45) is 3.64. The SMILES string of the molecule is O=C1S/C(=C/c2cccn2-c2ccc(Cl)cc2)C(=O)N1c1ccccc1. The number of rotatable bonds is 3. The zero-order valence-electron chi connectivity index (χ0n) is 13.5. The molecule has 0 bridgehead atoms. The number of aromatic nitrogens is 1. The van der Waals surface area contributed by atoms with Gasteiger partial charge in [-0.2, -0.15) is 0 Å². The van der Waals surface area contributed by atoms with E-state index in [2.05, 4.69) is 0 Å². The molecule has 1 aromatic heterocycles. The van der Waals surface area contributed by atoms with E-state index in [1.165, 1.54) is 4.90 Å². The Labute approximate surface area is 159 Å². The molecule has 0 atom stereocenters. The highest BCUT2D eigenvalue weighted by Gasteiger charge is 2.36. The minimum Gasteiger partial charge on any atom is -0.317 e. The molecule has 0 unspecified atom stereocenters. The maximum absolute atomic E-state index is 12.7. The second-order valence-electron chi connectivity index (χ2n) is 5.63. The quantitative estimate of drug-likeness (QED) is 0.573. The van der Waals surface area contributed by atoms with Gasteiger partial charge in [-0.1, -0.05) is 29.8 Å². The van der Waals surface area contributed by atoms with Gasteiger partial charge >= 0.3 is 0 Å². The average molecular weight is 381 g/mol. The fourth-order valence-corrected chi connectivity index (χ4v) is 3.70. The number of para-hydroxylation sites is 1. The van der Waals surface area contributed by atoms with Gasteiger partial charge in [0, 0.05) is 22.6 Å². The van der Waals surface area contributed by atoms with Crippen LogP contribution in [-0.4, -0.2) is 15.7 Å². The number of amides is 2. The van der Waals surface area contributed by atoms with Gasteiger partial charge in [-0.3, -0.25) is 9.59 Å². The molecule has 6 heteroatoms. The molecule has 4 rings (SSSR count). The van der Waals surface area contributed by atoms with Crippen LogP contribution in [0.4, 0.5) is 10.5 Å². The summed E-state index contributed by atoms with van der Waals surface area (Å²) in [6, 6.07) is 20.1. The summed E-state index contributed by atoms with van der Waals surface area (Å²) >= 11 is 6.89. The lowest BCUT2D eigenvalue weighted by Crippen LogP contribution is -2.27. The van der Waals surface area contributed by atoms with E-state index in [4.69, 9.17) is 11.6 Å². The van der Waals surface area contributed by atoms with Gasteiger partial charge in [0.05, 0.1) is 10.6 Å². The maximum atomic E-state index is 12.7. The molecule has 0 spiro atoms. The monoisotopic (exact) mass is 380 g/mol. The van der Waals surface area contributed by atoms with Crippen LogP contribution in [0.15, 0.2) is 77.8 Å². The van der Waals surface area contributed by atoms with E-state index in [0.717, 1.165) is 23.1 Å². The molecule has 2 aromatic carbocycles. The lowest BCUT2D eigenvalue weighted by atomic mass is 10.2. The van der Waals surface area contributed by atoms with Crippen LogP contribution >= 0.6 is 23.4 Å². The number of anilines is 1. The summed E-state index contributed by atoms with van der Waals surface area (Å²) < 4.78 is 1.94. The highest BCUT2D eigenvalue weighted by atomic mass is 35.5. The van der Waals surface area contributed by atoms with Crippen molar-refractivity contribution in [3.63, 3.8) is 0 Å². The van der Waals surface area contributed by atoms with Crippen molar-refractivity contribution in [2.24, 2.45) is 0 Å². The minimum atomic E-state index is -0.310. The molecule has 4 nitrogen and oxygen atoms in total. The second kappa shape index (κ2) is 6.86. The van der Waals surface area contributed by atoms with E-state index in [1.54, 1.807) is 30.3 Å². The number of hydrogen-bond acceptors (Lipinski definition) is 3. The smallest absolute Gasteiger partial charge is 0.298 e. The Hall–Kier alpha value is -2.76. The number of nitrogens with zero attached hydrogens (tertiary/aromatic N) is 2. The number of imide groups is 1. The van der Waals surface area contributed by atoms with Gasteiger partial charge in [-0.15, -0.1) is 0 Å². The molecular weight excluding hydrogens is 368 g/mol. The summed E-state index contributed by atoms with van der Waals surface area (Å²) in [5.74, 6) is -0.310. The zero-order valence-corrected chi connectivity index (χ0v) is 15.1. The Balaban J connectivity index is 1.68. The van der Waals surface area contributed by atoms with Gasteiger partial charge in [-0.25, -0.2) is 4.90 Å². The topological polar surface area (TPSA) is 42.3 Å². The molecule has 26 heavy (non-hydrogen) atoms. The molecule has 0 saturated carbocycles. The van der Waals surface area contributed by atoms with Crippen molar-refractivity contribution in [3.05, 3.63) is 88.5 Å². The van der Waals surface area contributed by atoms with Crippen LogP contribution in [0.3, 0.4) is 0 Å². The van der Waals surface area contributed by atoms with Crippen LogP contribution in [0, 0.1) is 0 Å². The number of carbonyl (C=O) groups is 2. The highest BCUT2D eigenvalue weighted by Crippen LogP contribution is 2.35.